The minimum absolute atomic E-state index is 0.00164. The molecule has 1 aliphatic carbocycles. The molecule has 1 saturated carbocycles. The third-order valence-electron chi connectivity index (χ3n) is 10.7. The fourth-order valence-electron chi connectivity index (χ4n) is 8.67. The lowest BCUT2D eigenvalue weighted by Gasteiger charge is -2.35. The molecule has 4 saturated heterocycles. The first kappa shape index (κ1) is 26.3. The molecule has 10 heteroatoms. The van der Waals surface area contributed by atoms with Gasteiger partial charge in [-0.1, -0.05) is 12.0 Å². The number of aromatic nitrogens is 3. The van der Waals surface area contributed by atoms with Crippen molar-refractivity contribution in [3.63, 3.8) is 0 Å². The van der Waals surface area contributed by atoms with Crippen molar-refractivity contribution in [2.75, 3.05) is 31.1 Å². The highest BCUT2D eigenvalue weighted by Crippen LogP contribution is 2.56. The Morgan fingerprint density at radius 1 is 1.16 bits per heavy atom. The van der Waals surface area contributed by atoms with Gasteiger partial charge in [-0.25, -0.2) is 8.78 Å². The van der Waals surface area contributed by atoms with Crippen LogP contribution >= 0.6 is 0 Å². The van der Waals surface area contributed by atoms with E-state index in [1.165, 1.54) is 30.7 Å². The van der Waals surface area contributed by atoms with Gasteiger partial charge >= 0.3 is 6.01 Å². The van der Waals surface area contributed by atoms with Gasteiger partial charge in [0, 0.05) is 48.4 Å². The fourth-order valence-corrected chi connectivity index (χ4v) is 8.67. The van der Waals surface area contributed by atoms with Gasteiger partial charge in [0.15, 0.2) is 5.82 Å². The molecule has 0 unspecified atom stereocenters. The SMILES string of the molecule is C#Cc1c(F)ccc2cc(O)cc(-c3ncc4c(N5C[C@H]6CC[C@@H](C5)N6)nc(OC[C@@]56CCCN5[C@@H]5C[C@@H]5C6)nc4c3F)c12. The molecule has 2 N–H and O–H groups in total. The van der Waals surface area contributed by atoms with E-state index in [0.717, 1.165) is 57.7 Å². The zero-order valence-electron chi connectivity index (χ0n) is 24.2. The van der Waals surface area contributed by atoms with Crippen LogP contribution in [0.5, 0.6) is 11.8 Å². The number of piperidine rings is 1. The molecule has 0 amide bonds. The van der Waals surface area contributed by atoms with Crippen molar-refractivity contribution in [3.8, 4) is 35.4 Å². The van der Waals surface area contributed by atoms with Gasteiger partial charge in [0.25, 0.3) is 0 Å². The molecule has 0 radical (unpaired) electrons. The predicted molar refractivity (Wildman–Crippen MR) is 163 cm³/mol. The Hall–Kier alpha value is -4.07. The Balaban J connectivity index is 1.19. The number of ether oxygens (including phenoxy) is 1. The second-order valence-corrected chi connectivity index (χ2v) is 13.3. The number of terminal acetylenes is 1. The number of rotatable bonds is 5. The lowest BCUT2D eigenvalue weighted by Crippen LogP contribution is -2.51. The van der Waals surface area contributed by atoms with Crippen molar-refractivity contribution in [2.45, 2.75) is 62.2 Å². The second kappa shape index (κ2) is 9.46. The van der Waals surface area contributed by atoms with Crippen LogP contribution in [0.2, 0.25) is 0 Å². The van der Waals surface area contributed by atoms with Crippen LogP contribution in [0.15, 0.2) is 30.5 Å². The van der Waals surface area contributed by atoms with E-state index in [2.05, 4.69) is 31.0 Å². The number of pyridine rings is 1. The number of phenolic OH excluding ortho intramolecular Hbond substituents is 1. The number of phenols is 1. The third kappa shape index (κ3) is 3.92. The summed E-state index contributed by atoms with van der Waals surface area (Å²) < 4.78 is 38.0. The number of benzene rings is 2. The van der Waals surface area contributed by atoms with Gasteiger partial charge in [-0.2, -0.15) is 9.97 Å². The smallest absolute Gasteiger partial charge is 0.319 e. The molecule has 0 spiro atoms. The molecule has 2 aromatic heterocycles. The Morgan fingerprint density at radius 2 is 2.00 bits per heavy atom. The predicted octanol–water partition coefficient (Wildman–Crippen LogP) is 4.76. The standard InChI is InChI=1S/C34H32F2N6O2/c1-2-23-26(35)7-4-18-10-22(43)12-24(28(18)23)30-29(36)31-25(14-37-30)32(41-15-20-5-6-21(16-41)38-20)40-33(39-31)44-17-34-8-3-9-42(34)27-11-19(27)13-34/h1,4,7,10,12,14,19-21,27,38,43H,3,5-6,8-9,11,13,15-17H2/t19-,20-,21+,27-,34+/m1/s1. The van der Waals surface area contributed by atoms with E-state index in [0.29, 0.717) is 46.7 Å². The number of piperazine rings is 1. The first-order chi connectivity index (χ1) is 21.4. The number of nitrogens with one attached hydrogen (secondary N) is 1. The number of nitrogens with zero attached hydrogens (tertiary/aromatic N) is 5. The van der Waals surface area contributed by atoms with Gasteiger partial charge in [0.05, 0.1) is 16.5 Å². The summed E-state index contributed by atoms with van der Waals surface area (Å²) in [6, 6.07) is 7.09. The van der Waals surface area contributed by atoms with Crippen LogP contribution in [0.3, 0.4) is 0 Å². The molecule has 224 valence electrons. The molecule has 6 heterocycles. The van der Waals surface area contributed by atoms with Gasteiger partial charge < -0.3 is 20.1 Å². The lowest BCUT2D eigenvalue weighted by atomic mass is 9.93. The van der Waals surface area contributed by atoms with Crippen molar-refractivity contribution in [1.29, 1.82) is 0 Å². The first-order valence-corrected chi connectivity index (χ1v) is 15.6. The number of anilines is 1. The Morgan fingerprint density at radius 3 is 2.82 bits per heavy atom. The minimum Gasteiger partial charge on any atom is -0.508 e. The van der Waals surface area contributed by atoms with E-state index in [4.69, 9.17) is 16.1 Å². The molecule has 5 atom stereocenters. The third-order valence-corrected chi connectivity index (χ3v) is 10.7. The quantitative estimate of drug-likeness (QED) is 0.320. The van der Waals surface area contributed by atoms with E-state index in [1.54, 1.807) is 6.20 Å². The summed E-state index contributed by atoms with van der Waals surface area (Å²) in [7, 11) is 0. The summed E-state index contributed by atoms with van der Waals surface area (Å²) in [5.74, 6) is 2.34. The summed E-state index contributed by atoms with van der Waals surface area (Å²) in [4.78, 5) is 18.9. The van der Waals surface area contributed by atoms with Crippen molar-refractivity contribution >= 4 is 27.5 Å². The average Bonchev–Trinajstić information content (AvgIpc) is 3.33. The van der Waals surface area contributed by atoms with Crippen LogP contribution < -0.4 is 15.0 Å². The summed E-state index contributed by atoms with van der Waals surface area (Å²) in [5.41, 5.74) is 0.176. The maximum absolute atomic E-state index is 16.8. The number of fused-ring (bicyclic) bond motifs is 7. The second-order valence-electron chi connectivity index (χ2n) is 13.3. The Kier molecular flexibility index (Phi) is 5.67. The largest absolute Gasteiger partial charge is 0.508 e. The highest BCUT2D eigenvalue weighted by atomic mass is 19.1. The molecular weight excluding hydrogens is 562 g/mol. The first-order valence-electron chi connectivity index (χ1n) is 15.6. The van der Waals surface area contributed by atoms with E-state index < -0.39 is 11.6 Å². The molecule has 4 aromatic rings. The van der Waals surface area contributed by atoms with Crippen LogP contribution in [0.25, 0.3) is 32.9 Å². The highest BCUT2D eigenvalue weighted by Gasteiger charge is 2.61. The van der Waals surface area contributed by atoms with Gasteiger partial charge in [0.2, 0.25) is 0 Å². The van der Waals surface area contributed by atoms with Crippen LogP contribution in [0.1, 0.15) is 44.1 Å². The highest BCUT2D eigenvalue weighted by molar-refractivity contribution is 6.03. The van der Waals surface area contributed by atoms with Crippen molar-refractivity contribution in [3.05, 3.63) is 47.7 Å². The minimum atomic E-state index is -0.698. The molecule has 4 aliphatic heterocycles. The molecule has 9 rings (SSSR count). The Bertz CT molecular complexity index is 1900. The van der Waals surface area contributed by atoms with Gasteiger partial charge in [0.1, 0.15) is 35.2 Å². The monoisotopic (exact) mass is 594 g/mol. The summed E-state index contributed by atoms with van der Waals surface area (Å²) >= 11 is 0. The maximum Gasteiger partial charge on any atom is 0.319 e. The van der Waals surface area contributed by atoms with Crippen LogP contribution in [0, 0.1) is 29.9 Å². The van der Waals surface area contributed by atoms with Crippen molar-refractivity contribution in [1.82, 2.24) is 25.2 Å². The number of halogens is 2. The van der Waals surface area contributed by atoms with Crippen molar-refractivity contribution < 1.29 is 18.6 Å². The zero-order valence-corrected chi connectivity index (χ0v) is 24.2. The van der Waals surface area contributed by atoms with Crippen LogP contribution in [0.4, 0.5) is 14.6 Å². The van der Waals surface area contributed by atoms with E-state index in [1.807, 2.05) is 0 Å². The maximum atomic E-state index is 16.8. The lowest BCUT2D eigenvalue weighted by molar-refractivity contribution is 0.0867. The normalized spacial score (nSPS) is 28.8. The molecule has 44 heavy (non-hydrogen) atoms. The summed E-state index contributed by atoms with van der Waals surface area (Å²) in [6.45, 7) is 3.06. The van der Waals surface area contributed by atoms with Crippen LogP contribution in [-0.2, 0) is 0 Å². The molecule has 8 nitrogen and oxygen atoms in total. The van der Waals surface area contributed by atoms with Crippen LogP contribution in [-0.4, -0.2) is 74.9 Å². The van der Waals surface area contributed by atoms with E-state index >= 15 is 4.39 Å². The zero-order chi connectivity index (χ0) is 29.7. The molecule has 2 aromatic carbocycles. The van der Waals surface area contributed by atoms with E-state index in [9.17, 15) is 9.50 Å². The molecule has 5 fully saturated rings. The molecule has 5 aliphatic rings. The fraction of sp³-hybridized carbons (Fsp3) is 0.441. The number of aromatic hydroxyl groups is 1. The molecular formula is C34H32F2N6O2. The molecule has 2 bridgehead atoms. The van der Waals surface area contributed by atoms with Gasteiger partial charge in [-0.15, -0.1) is 6.42 Å². The number of hydrogen-bond donors (Lipinski definition) is 2. The summed E-state index contributed by atoms with van der Waals surface area (Å²) in [5, 5.41) is 15.4. The summed E-state index contributed by atoms with van der Waals surface area (Å²) in [6.07, 6.45) is 14.1. The van der Waals surface area contributed by atoms with E-state index in [-0.39, 0.29) is 39.6 Å². The van der Waals surface area contributed by atoms with Gasteiger partial charge in [-0.3, -0.25) is 9.88 Å². The van der Waals surface area contributed by atoms with Gasteiger partial charge in [-0.05, 0) is 74.6 Å². The Labute approximate surface area is 253 Å². The topological polar surface area (TPSA) is 86.6 Å². The number of hydrogen-bond acceptors (Lipinski definition) is 8. The average molecular weight is 595 g/mol. The van der Waals surface area contributed by atoms with Crippen molar-refractivity contribution in [2.24, 2.45) is 5.92 Å².